The van der Waals surface area contributed by atoms with Gasteiger partial charge in [-0.1, -0.05) is 72.8 Å². The van der Waals surface area contributed by atoms with Crippen molar-refractivity contribution in [2.75, 3.05) is 51.7 Å². The summed E-state index contributed by atoms with van der Waals surface area (Å²) in [6, 6.07) is 45.7. The third-order valence-electron chi connectivity index (χ3n) is 17.4. The van der Waals surface area contributed by atoms with Crippen molar-refractivity contribution in [2.45, 2.75) is 159 Å². The largest absolute Gasteiger partial charge is 0.444 e. The number of hydrogen-bond acceptors (Lipinski definition) is 14. The molecular formula is C82H112N16O12. The smallest absolute Gasteiger partial charge is 0.410 e. The summed E-state index contributed by atoms with van der Waals surface area (Å²) >= 11 is 0. The number of likely N-dealkylation sites (N-methyl/N-ethyl adjacent to an activating group) is 2. The minimum absolute atomic E-state index is 0.0916. The van der Waals surface area contributed by atoms with E-state index in [0.717, 1.165) is 56.9 Å². The summed E-state index contributed by atoms with van der Waals surface area (Å²) in [5, 5.41) is 5.46. The van der Waals surface area contributed by atoms with Crippen LogP contribution >= 0.6 is 0 Å². The van der Waals surface area contributed by atoms with Gasteiger partial charge in [-0.3, -0.25) is 37.9 Å². The van der Waals surface area contributed by atoms with Crippen LogP contribution in [0.1, 0.15) is 129 Å². The zero-order valence-electron chi connectivity index (χ0n) is 67.9. The van der Waals surface area contributed by atoms with Gasteiger partial charge >= 0.3 is 24.4 Å². The first-order valence-electron chi connectivity index (χ1n) is 36.5. The van der Waals surface area contributed by atoms with E-state index >= 15 is 0 Å². The van der Waals surface area contributed by atoms with Gasteiger partial charge < -0.3 is 60.0 Å². The average Bonchev–Trinajstić information content (AvgIpc) is 1.61. The van der Waals surface area contributed by atoms with Gasteiger partial charge in [0.25, 0.3) is 22.2 Å². The molecule has 0 saturated carbocycles. The van der Waals surface area contributed by atoms with E-state index in [2.05, 4.69) is 10.6 Å². The molecule has 28 heteroatoms. The molecule has 0 aliphatic heterocycles. The van der Waals surface area contributed by atoms with Crippen molar-refractivity contribution in [3.05, 3.63) is 233 Å². The second-order valence-corrected chi connectivity index (χ2v) is 30.8. The molecule has 4 amide bonds. The number of hydrogen-bond donors (Lipinski definition) is 4. The first-order valence-corrected chi connectivity index (χ1v) is 36.5. The van der Waals surface area contributed by atoms with Gasteiger partial charge in [0.05, 0.1) is 45.5 Å². The number of nitrogens with two attached hydrogens (primary N) is 2. The topological polar surface area (TPSA) is 305 Å². The summed E-state index contributed by atoms with van der Waals surface area (Å²) in [6.07, 6.45) is 0.126. The molecule has 110 heavy (non-hydrogen) atoms. The number of aryl methyl sites for hydroxylation is 4. The van der Waals surface area contributed by atoms with Gasteiger partial charge in [-0.15, -0.1) is 0 Å². The Balaban J connectivity index is 0.000000205. The van der Waals surface area contributed by atoms with Crippen LogP contribution in [0.4, 0.5) is 30.6 Å². The molecule has 6 N–H and O–H groups in total. The minimum atomic E-state index is -0.557. The molecule has 6 aromatic heterocycles. The molecule has 0 aliphatic rings. The third-order valence-corrected chi connectivity index (χ3v) is 17.4. The van der Waals surface area contributed by atoms with Crippen LogP contribution in [0, 0.1) is 27.7 Å². The van der Waals surface area contributed by atoms with Crippen molar-refractivity contribution < 1.29 is 38.1 Å². The number of para-hydroxylation sites is 4. The van der Waals surface area contributed by atoms with E-state index < -0.39 is 40.7 Å². The number of benzene rings is 4. The van der Waals surface area contributed by atoms with E-state index in [4.69, 9.17) is 30.4 Å². The van der Waals surface area contributed by atoms with Crippen LogP contribution in [0.25, 0.3) is 34.1 Å². The van der Waals surface area contributed by atoms with Gasteiger partial charge in [-0.25, -0.2) is 37.9 Å². The molecule has 28 nitrogen and oxygen atoms in total. The number of amides is 4. The van der Waals surface area contributed by atoms with Crippen molar-refractivity contribution in [1.82, 2.24) is 67.0 Å². The Morgan fingerprint density at radius 1 is 0.355 bits per heavy atom. The number of nitrogen functional groups attached to an aromatic ring is 2. The summed E-state index contributed by atoms with van der Waals surface area (Å²) in [5.41, 5.74) is 20.7. The highest BCUT2D eigenvalue weighted by Gasteiger charge is 2.29. The molecular weight excluding hydrogens is 1400 g/mol. The van der Waals surface area contributed by atoms with E-state index in [1.54, 1.807) is 72.6 Å². The zero-order valence-corrected chi connectivity index (χ0v) is 67.9. The first kappa shape index (κ1) is 85.4. The Morgan fingerprint density at radius 3 is 0.873 bits per heavy atom. The predicted molar refractivity (Wildman–Crippen MR) is 431 cm³/mol. The maximum atomic E-state index is 13.6. The first-order chi connectivity index (χ1) is 51.4. The van der Waals surface area contributed by atoms with Crippen molar-refractivity contribution in [2.24, 2.45) is 28.2 Å². The van der Waals surface area contributed by atoms with Gasteiger partial charge in [0, 0.05) is 117 Å². The lowest BCUT2D eigenvalue weighted by Crippen LogP contribution is -2.35. The monoisotopic (exact) mass is 1510 g/mol. The molecule has 0 spiro atoms. The number of nitrogens with zero attached hydrogens (tertiary/aromatic N) is 12. The molecule has 592 valence electrons. The molecule has 10 rings (SSSR count). The summed E-state index contributed by atoms with van der Waals surface area (Å²) in [4.78, 5) is 103. The quantitative estimate of drug-likeness (QED) is 0.0581. The van der Waals surface area contributed by atoms with Crippen LogP contribution in [0.5, 0.6) is 0 Å². The maximum Gasteiger partial charge on any atom is 0.410 e. The van der Waals surface area contributed by atoms with E-state index in [1.807, 2.05) is 268 Å². The third kappa shape index (κ3) is 21.7. The van der Waals surface area contributed by atoms with Crippen molar-refractivity contribution >= 4 is 35.7 Å². The second kappa shape index (κ2) is 35.9. The van der Waals surface area contributed by atoms with E-state index in [1.165, 1.54) is 14.3 Å². The van der Waals surface area contributed by atoms with Crippen LogP contribution < -0.4 is 44.3 Å². The molecule has 4 aromatic carbocycles. The maximum absolute atomic E-state index is 13.6. The van der Waals surface area contributed by atoms with E-state index in [0.29, 0.717) is 74.6 Å². The Hall–Kier alpha value is -11.8. The summed E-state index contributed by atoms with van der Waals surface area (Å²) in [5.74, 6) is 0. The number of carbonyl (C=O) groups excluding carboxylic acids is 4. The number of anilines is 2. The van der Waals surface area contributed by atoms with Crippen molar-refractivity contribution in [1.29, 1.82) is 0 Å². The molecule has 0 saturated heterocycles. The SMILES string of the molecule is CN(CCc1c(N)c(=O)n(-c2ccccc2)n1C)C(=O)OC(C)(C)C.Cc1ccc(C)n1-c1c(CCN(C)C(=O)OC(C)(C)C)n(C)n(-c2ccccc2)c1=O.Cc1ccc(C)n1-c1c(CCNC(=O)OC(C)(C)C)n(C)n(-c2ccccc2)c1=O.Cn1c(CCNC(=O)OC(C)(C)C)c(N)c(=O)n1-c1ccccc1. The molecule has 0 radical (unpaired) electrons. The minimum Gasteiger partial charge on any atom is -0.444 e. The fourth-order valence-corrected chi connectivity index (χ4v) is 12.3. The lowest BCUT2D eigenvalue weighted by atomic mass is 10.2. The van der Waals surface area contributed by atoms with Gasteiger partial charge in [0.15, 0.2) is 0 Å². The standard InChI is InChI=1S/C24H32N4O3.C23H30N4O3.C18H26N4O3.C17H24N4O3/c1-17-13-14-18(2)27(17)21-20(15-16-25(6)23(30)31-24(3,4)5)26(7)28(22(21)29)19-11-9-8-10-12-19;1-16-12-13-17(2)26(16)20-19(14-15-24-22(29)30-23(3,4)5)25(6)27(21(20)28)18-10-8-7-9-11-18;1-18(2,3)25-17(24)20(4)12-11-14-15(19)16(23)22(21(14)5)13-9-7-6-8-10-13;1-17(2,3)24-16(23)19-11-10-13-14(18)15(22)21(20(13)4)12-8-6-5-7-9-12/h8-14H,15-16H2,1-7H3;7-13H,14-15H2,1-6H3,(H,24,29);6-10H,11-12,19H2,1-5H3;5-9H,10-11,18H2,1-4H3,(H,19,23). The lowest BCUT2D eigenvalue weighted by molar-refractivity contribution is 0.0289. The van der Waals surface area contributed by atoms with Crippen LogP contribution in [0.15, 0.2) is 165 Å². The molecule has 6 heterocycles. The lowest BCUT2D eigenvalue weighted by Gasteiger charge is -2.24. The fraction of sp³-hybridized carbons (Fsp3) is 0.415. The predicted octanol–water partition coefficient (Wildman–Crippen LogP) is 11.6. The van der Waals surface area contributed by atoms with Crippen LogP contribution in [0.2, 0.25) is 0 Å². The highest BCUT2D eigenvalue weighted by molar-refractivity contribution is 5.69. The van der Waals surface area contributed by atoms with Gasteiger partial charge in [0.2, 0.25) is 0 Å². The molecule has 0 fully saturated rings. The Labute approximate surface area is 643 Å². The molecule has 0 atom stereocenters. The van der Waals surface area contributed by atoms with Crippen LogP contribution in [0.3, 0.4) is 0 Å². The molecule has 10 aromatic rings. The van der Waals surface area contributed by atoms with E-state index in [-0.39, 0.29) is 39.7 Å². The number of nitrogens with one attached hydrogen (secondary N) is 2. The Bertz CT molecular complexity index is 5010. The van der Waals surface area contributed by atoms with Gasteiger partial charge in [-0.05, 0) is 184 Å². The Kier molecular flexibility index (Phi) is 27.9. The van der Waals surface area contributed by atoms with Crippen molar-refractivity contribution in [3.8, 4) is 34.1 Å². The number of alkyl carbamates (subject to hydrolysis) is 2. The summed E-state index contributed by atoms with van der Waals surface area (Å²) in [7, 11) is 10.7. The van der Waals surface area contributed by atoms with Crippen molar-refractivity contribution in [3.63, 3.8) is 0 Å². The molecule has 0 aliphatic carbocycles. The fourth-order valence-electron chi connectivity index (χ4n) is 12.3. The number of carbonyl (C=O) groups is 4. The molecule has 0 bridgehead atoms. The highest BCUT2D eigenvalue weighted by atomic mass is 16.6. The summed E-state index contributed by atoms with van der Waals surface area (Å²) < 4.78 is 38.8. The van der Waals surface area contributed by atoms with Gasteiger partial charge in [0.1, 0.15) is 45.2 Å². The number of aromatic nitrogens is 10. The van der Waals surface area contributed by atoms with Crippen LogP contribution in [-0.2, 0) is 72.8 Å². The second-order valence-electron chi connectivity index (χ2n) is 30.8. The average molecular weight is 1510 g/mol. The van der Waals surface area contributed by atoms with E-state index in [9.17, 15) is 38.4 Å². The normalized spacial score (nSPS) is 11.5. The molecule has 0 unspecified atom stereocenters. The number of rotatable bonds is 18. The summed E-state index contributed by atoms with van der Waals surface area (Å²) in [6.45, 7) is 31.3. The Morgan fingerprint density at radius 2 is 0.591 bits per heavy atom. The highest BCUT2D eigenvalue weighted by Crippen LogP contribution is 2.24. The number of ether oxygens (including phenoxy) is 4. The zero-order chi connectivity index (χ0) is 81.7. The van der Waals surface area contributed by atoms with Gasteiger partial charge in [-0.2, -0.15) is 0 Å². The van der Waals surface area contributed by atoms with Crippen LogP contribution in [-0.4, -0.2) is 143 Å².